The molecule has 3 heterocycles. The molecule has 2 aliphatic rings. The van der Waals surface area contributed by atoms with Gasteiger partial charge >= 0.3 is 0 Å². The van der Waals surface area contributed by atoms with Crippen LogP contribution in [-0.4, -0.2) is 79.7 Å². The van der Waals surface area contributed by atoms with E-state index in [1.165, 1.54) is 22.7 Å². The molecule has 2 fully saturated rings. The number of carbonyl (C=O) groups excluding carboxylic acids is 2. The summed E-state index contributed by atoms with van der Waals surface area (Å²) in [4.78, 5) is 29.6. The number of amides is 2. The van der Waals surface area contributed by atoms with Crippen LogP contribution in [0.2, 0.25) is 0 Å². The smallest absolute Gasteiger partial charge is 0.290 e. The minimum atomic E-state index is -3.66. The lowest BCUT2D eigenvalue weighted by Gasteiger charge is -2.40. The van der Waals surface area contributed by atoms with Gasteiger partial charge in [-0.3, -0.25) is 9.59 Å². The number of furan rings is 1. The van der Waals surface area contributed by atoms with Gasteiger partial charge < -0.3 is 19.0 Å². The highest BCUT2D eigenvalue weighted by molar-refractivity contribution is 7.89. The molecular formula is C23H29N3O6S. The number of piperidine rings is 1. The molecule has 0 N–H and O–H groups in total. The lowest BCUT2D eigenvalue weighted by molar-refractivity contribution is -0.138. The molecule has 0 aliphatic carbocycles. The number of piperazine rings is 1. The van der Waals surface area contributed by atoms with Crippen LogP contribution in [0.4, 0.5) is 0 Å². The first kappa shape index (κ1) is 23.3. The lowest BCUT2D eigenvalue weighted by Crippen LogP contribution is -2.57. The molecule has 2 aliphatic heterocycles. The van der Waals surface area contributed by atoms with Gasteiger partial charge in [-0.2, -0.15) is 4.31 Å². The third-order valence-corrected chi connectivity index (χ3v) is 8.02. The van der Waals surface area contributed by atoms with Gasteiger partial charge in [-0.1, -0.05) is 0 Å². The number of hydrogen-bond donors (Lipinski definition) is 0. The molecule has 10 heteroatoms. The van der Waals surface area contributed by atoms with Crippen molar-refractivity contribution >= 4 is 21.8 Å². The molecule has 4 rings (SSSR count). The highest BCUT2D eigenvalue weighted by Gasteiger charge is 2.38. The normalized spacial score (nSPS) is 20.0. The predicted molar refractivity (Wildman–Crippen MR) is 120 cm³/mol. The van der Waals surface area contributed by atoms with Crippen LogP contribution in [0.5, 0.6) is 5.75 Å². The zero-order valence-electron chi connectivity index (χ0n) is 18.7. The van der Waals surface area contributed by atoms with Crippen molar-refractivity contribution < 1.29 is 27.2 Å². The average molecular weight is 476 g/mol. The monoisotopic (exact) mass is 475 g/mol. The quantitative estimate of drug-likeness (QED) is 0.635. The van der Waals surface area contributed by atoms with Crippen LogP contribution in [0.1, 0.15) is 36.7 Å². The lowest BCUT2D eigenvalue weighted by atomic mass is 10.00. The Labute approximate surface area is 193 Å². The zero-order valence-corrected chi connectivity index (χ0v) is 19.5. The Balaban J connectivity index is 1.40. The summed E-state index contributed by atoms with van der Waals surface area (Å²) in [6.07, 6.45) is 3.74. The molecule has 0 spiro atoms. The van der Waals surface area contributed by atoms with Crippen molar-refractivity contribution in [1.82, 2.24) is 14.1 Å². The predicted octanol–water partition coefficient (Wildman–Crippen LogP) is 2.21. The topological polar surface area (TPSA) is 100 Å². The highest BCUT2D eigenvalue weighted by Crippen LogP contribution is 2.24. The van der Waals surface area contributed by atoms with Gasteiger partial charge in [-0.05, 0) is 62.6 Å². The number of nitrogens with zero attached hydrogens (tertiary/aromatic N) is 3. The van der Waals surface area contributed by atoms with Crippen molar-refractivity contribution in [2.75, 3.05) is 39.3 Å². The largest absolute Gasteiger partial charge is 0.494 e. The fourth-order valence-electron chi connectivity index (χ4n) is 4.36. The van der Waals surface area contributed by atoms with Crippen LogP contribution in [0.15, 0.2) is 52.0 Å². The summed E-state index contributed by atoms with van der Waals surface area (Å²) in [5.41, 5.74) is 0. The van der Waals surface area contributed by atoms with Crippen LogP contribution < -0.4 is 4.74 Å². The molecule has 1 atom stereocenters. The van der Waals surface area contributed by atoms with Crippen LogP contribution in [0.3, 0.4) is 0 Å². The third-order valence-electron chi connectivity index (χ3n) is 6.10. The summed E-state index contributed by atoms with van der Waals surface area (Å²) < 4.78 is 38.1. The van der Waals surface area contributed by atoms with E-state index < -0.39 is 16.1 Å². The molecular weight excluding hydrogens is 446 g/mol. The molecule has 1 unspecified atom stereocenters. The number of likely N-dealkylation sites (tertiary alicyclic amines) is 1. The second-order valence-corrected chi connectivity index (χ2v) is 10.1. The Morgan fingerprint density at radius 2 is 1.76 bits per heavy atom. The van der Waals surface area contributed by atoms with Crippen LogP contribution in [-0.2, 0) is 14.8 Å². The van der Waals surface area contributed by atoms with Crippen molar-refractivity contribution in [2.24, 2.45) is 0 Å². The molecule has 2 saturated heterocycles. The van der Waals surface area contributed by atoms with E-state index in [2.05, 4.69) is 0 Å². The molecule has 0 saturated carbocycles. The Morgan fingerprint density at radius 1 is 1.03 bits per heavy atom. The minimum Gasteiger partial charge on any atom is -0.494 e. The van der Waals surface area contributed by atoms with Crippen LogP contribution in [0, 0.1) is 0 Å². The molecule has 2 aromatic rings. The molecule has 178 valence electrons. The molecule has 9 nitrogen and oxygen atoms in total. The highest BCUT2D eigenvalue weighted by atomic mass is 32.2. The fourth-order valence-corrected chi connectivity index (χ4v) is 5.78. The molecule has 1 aromatic heterocycles. The van der Waals surface area contributed by atoms with Gasteiger partial charge in [0.15, 0.2) is 5.76 Å². The SMILES string of the molecule is CCOc1ccc(S(=O)(=O)N2CCN(C(=O)C3CCCCN3C(=O)c3ccco3)CC2)cc1. The second-order valence-electron chi connectivity index (χ2n) is 8.12. The zero-order chi connectivity index (χ0) is 23.4. The maximum Gasteiger partial charge on any atom is 0.290 e. The van der Waals surface area contributed by atoms with Crippen molar-refractivity contribution in [3.63, 3.8) is 0 Å². The van der Waals surface area contributed by atoms with E-state index in [0.29, 0.717) is 25.3 Å². The van der Waals surface area contributed by atoms with Crippen molar-refractivity contribution in [2.45, 2.75) is 37.1 Å². The minimum absolute atomic E-state index is 0.132. The Hall–Kier alpha value is -2.85. The number of sulfonamides is 1. The Bertz CT molecular complexity index is 1060. The van der Waals surface area contributed by atoms with E-state index in [0.717, 1.165) is 12.8 Å². The number of ether oxygens (including phenoxy) is 1. The van der Waals surface area contributed by atoms with Gasteiger partial charge in [0.05, 0.1) is 17.8 Å². The van der Waals surface area contributed by atoms with Crippen molar-refractivity contribution in [3.05, 3.63) is 48.4 Å². The molecule has 1 aromatic carbocycles. The number of hydrogen-bond acceptors (Lipinski definition) is 6. The Kier molecular flexibility index (Phi) is 7.04. The standard InChI is InChI=1S/C23H29N3O6S/c1-2-31-18-8-10-19(11-9-18)33(29,30)25-15-13-24(14-16-25)22(27)20-6-3-4-12-26(20)23(28)21-7-5-17-32-21/h5,7-11,17,20H,2-4,6,12-16H2,1H3. The van der Waals surface area contributed by atoms with Gasteiger partial charge in [0.25, 0.3) is 5.91 Å². The summed E-state index contributed by atoms with van der Waals surface area (Å²) >= 11 is 0. The van der Waals surface area contributed by atoms with E-state index in [4.69, 9.17) is 9.15 Å². The summed E-state index contributed by atoms with van der Waals surface area (Å²) in [6, 6.07) is 9.07. The first-order valence-electron chi connectivity index (χ1n) is 11.3. The number of benzene rings is 1. The molecule has 33 heavy (non-hydrogen) atoms. The van der Waals surface area contributed by atoms with Crippen molar-refractivity contribution in [3.8, 4) is 5.75 Å². The van der Waals surface area contributed by atoms with Gasteiger partial charge in [0.2, 0.25) is 15.9 Å². The molecule has 0 bridgehead atoms. The second kappa shape index (κ2) is 9.96. The maximum atomic E-state index is 13.3. The number of rotatable bonds is 6. The molecule has 2 amide bonds. The first-order chi connectivity index (χ1) is 15.9. The van der Waals surface area contributed by atoms with Crippen molar-refractivity contribution in [1.29, 1.82) is 0 Å². The van der Waals surface area contributed by atoms with E-state index in [1.807, 2.05) is 6.92 Å². The van der Waals surface area contributed by atoms with E-state index in [1.54, 1.807) is 34.1 Å². The van der Waals surface area contributed by atoms with E-state index in [9.17, 15) is 18.0 Å². The van der Waals surface area contributed by atoms with Crippen LogP contribution in [0.25, 0.3) is 0 Å². The van der Waals surface area contributed by atoms with E-state index in [-0.39, 0.29) is 48.6 Å². The first-order valence-corrected chi connectivity index (χ1v) is 12.7. The average Bonchev–Trinajstić information content (AvgIpc) is 3.39. The van der Waals surface area contributed by atoms with Gasteiger partial charge in [-0.15, -0.1) is 0 Å². The maximum absolute atomic E-state index is 13.3. The summed E-state index contributed by atoms with van der Waals surface area (Å²) in [5, 5.41) is 0. The number of carbonyl (C=O) groups is 2. The van der Waals surface area contributed by atoms with Gasteiger partial charge in [-0.25, -0.2) is 8.42 Å². The van der Waals surface area contributed by atoms with Gasteiger partial charge in [0.1, 0.15) is 11.8 Å². The summed E-state index contributed by atoms with van der Waals surface area (Å²) in [7, 11) is -3.66. The fraction of sp³-hybridized carbons (Fsp3) is 0.478. The van der Waals surface area contributed by atoms with Gasteiger partial charge in [0, 0.05) is 32.7 Å². The molecule has 0 radical (unpaired) electrons. The third kappa shape index (κ3) is 4.91. The van der Waals surface area contributed by atoms with E-state index >= 15 is 0 Å². The summed E-state index contributed by atoms with van der Waals surface area (Å²) in [6.45, 7) is 3.86. The summed E-state index contributed by atoms with van der Waals surface area (Å²) in [5.74, 6) is 0.427. The Morgan fingerprint density at radius 3 is 2.39 bits per heavy atom. The van der Waals surface area contributed by atoms with Crippen LogP contribution >= 0.6 is 0 Å².